The average molecular weight is 202 g/mol. The molecule has 0 saturated carbocycles. The predicted molar refractivity (Wildman–Crippen MR) is 62.5 cm³/mol. The fourth-order valence-electron chi connectivity index (χ4n) is 1.57. The van der Waals surface area contributed by atoms with E-state index in [1.807, 2.05) is 35.0 Å². The number of nitrogens with zero attached hydrogens (tertiary/aromatic N) is 1. The number of aromatic nitrogens is 1. The van der Waals surface area contributed by atoms with E-state index in [1.54, 1.807) is 6.08 Å². The summed E-state index contributed by atoms with van der Waals surface area (Å²) >= 11 is 0. The molecule has 1 heterocycles. The highest BCUT2D eigenvalue weighted by Crippen LogP contribution is 2.18. The van der Waals surface area contributed by atoms with Gasteiger partial charge in [-0.05, 0) is 24.3 Å². The van der Waals surface area contributed by atoms with Crippen molar-refractivity contribution >= 4 is 16.6 Å². The zero-order valence-electron chi connectivity index (χ0n) is 8.52. The fraction of sp³-hybridized carbons (Fsp3) is 0.167. The minimum Gasteiger partial charge on any atom is -0.399 e. The van der Waals surface area contributed by atoms with Gasteiger partial charge in [0.25, 0.3) is 0 Å². The molecule has 1 aromatic heterocycles. The summed E-state index contributed by atoms with van der Waals surface area (Å²) in [5, 5.41) is 1.14. The first-order valence-electron chi connectivity index (χ1n) is 4.84. The van der Waals surface area contributed by atoms with Crippen molar-refractivity contribution in [2.75, 3.05) is 12.3 Å². The van der Waals surface area contributed by atoms with E-state index >= 15 is 0 Å². The van der Waals surface area contributed by atoms with Crippen LogP contribution >= 0.6 is 0 Å². The molecule has 0 aliphatic rings. The monoisotopic (exact) mass is 202 g/mol. The lowest BCUT2D eigenvalue weighted by Crippen LogP contribution is -2.00. The zero-order chi connectivity index (χ0) is 10.7. The Hall–Kier alpha value is -1.74. The van der Waals surface area contributed by atoms with Gasteiger partial charge < -0.3 is 15.0 Å². The van der Waals surface area contributed by atoms with Crippen molar-refractivity contribution in [3.05, 3.63) is 43.1 Å². The normalized spacial score (nSPS) is 10.7. The van der Waals surface area contributed by atoms with Crippen LogP contribution in [0.2, 0.25) is 0 Å². The van der Waals surface area contributed by atoms with Gasteiger partial charge in [0.1, 0.15) is 6.73 Å². The van der Waals surface area contributed by atoms with Crippen LogP contribution in [0.3, 0.4) is 0 Å². The van der Waals surface area contributed by atoms with Crippen LogP contribution in [0.25, 0.3) is 10.9 Å². The Kier molecular flexibility index (Phi) is 2.74. The van der Waals surface area contributed by atoms with Gasteiger partial charge in [0.15, 0.2) is 0 Å². The summed E-state index contributed by atoms with van der Waals surface area (Å²) in [6.07, 6.45) is 3.73. The molecule has 0 saturated heterocycles. The molecule has 0 radical (unpaired) electrons. The minimum atomic E-state index is 0.541. The lowest BCUT2D eigenvalue weighted by molar-refractivity contribution is 0.104. The Balaban J connectivity index is 2.24. The summed E-state index contributed by atoms with van der Waals surface area (Å²) in [5.41, 5.74) is 7.62. The van der Waals surface area contributed by atoms with E-state index in [-0.39, 0.29) is 0 Å². The molecule has 0 unspecified atom stereocenters. The lowest BCUT2D eigenvalue weighted by Gasteiger charge is -2.05. The summed E-state index contributed by atoms with van der Waals surface area (Å²) in [4.78, 5) is 0. The molecule has 2 N–H and O–H groups in total. The van der Waals surface area contributed by atoms with E-state index in [9.17, 15) is 0 Å². The number of hydrogen-bond donors (Lipinski definition) is 1. The van der Waals surface area contributed by atoms with Crippen LogP contribution < -0.4 is 5.73 Å². The Morgan fingerprint density at radius 2 is 2.27 bits per heavy atom. The standard InChI is InChI=1S/C12H14N2O/c1-2-7-15-9-14-6-5-10-8-11(13)3-4-12(10)14/h2-6,8H,1,7,9,13H2. The second-order valence-electron chi connectivity index (χ2n) is 3.39. The summed E-state index contributed by atoms with van der Waals surface area (Å²) in [7, 11) is 0. The Morgan fingerprint density at radius 1 is 1.40 bits per heavy atom. The molecule has 0 bridgehead atoms. The van der Waals surface area contributed by atoms with Gasteiger partial charge in [-0.15, -0.1) is 6.58 Å². The van der Waals surface area contributed by atoms with Gasteiger partial charge in [-0.2, -0.15) is 0 Å². The molecule has 3 nitrogen and oxygen atoms in total. The number of nitrogen functional groups attached to an aromatic ring is 1. The molecule has 15 heavy (non-hydrogen) atoms. The Morgan fingerprint density at radius 3 is 3.07 bits per heavy atom. The van der Waals surface area contributed by atoms with Crippen LogP contribution in [-0.4, -0.2) is 11.2 Å². The van der Waals surface area contributed by atoms with Gasteiger partial charge in [0, 0.05) is 17.3 Å². The lowest BCUT2D eigenvalue weighted by atomic mass is 10.2. The fourth-order valence-corrected chi connectivity index (χ4v) is 1.57. The van der Waals surface area contributed by atoms with E-state index in [0.29, 0.717) is 13.3 Å². The molecule has 1 aromatic carbocycles. The molecule has 0 fully saturated rings. The van der Waals surface area contributed by atoms with Crippen LogP contribution in [0.5, 0.6) is 0 Å². The molecule has 0 atom stereocenters. The summed E-state index contributed by atoms with van der Waals surface area (Å²) < 4.78 is 7.42. The van der Waals surface area contributed by atoms with E-state index in [4.69, 9.17) is 10.5 Å². The minimum absolute atomic E-state index is 0.541. The third-order valence-corrected chi connectivity index (χ3v) is 2.26. The number of ether oxygens (including phenoxy) is 1. The maximum atomic E-state index is 5.70. The van der Waals surface area contributed by atoms with Gasteiger partial charge in [-0.25, -0.2) is 0 Å². The number of benzene rings is 1. The number of nitrogens with two attached hydrogens (primary N) is 1. The van der Waals surface area contributed by atoms with Crippen LogP contribution in [0.4, 0.5) is 5.69 Å². The molecule has 0 spiro atoms. The quantitative estimate of drug-likeness (QED) is 0.470. The molecule has 2 aromatic rings. The first-order chi connectivity index (χ1) is 7.31. The molecule has 2 rings (SSSR count). The summed E-state index contributed by atoms with van der Waals surface area (Å²) in [5.74, 6) is 0. The predicted octanol–water partition coefficient (Wildman–Crippen LogP) is 2.38. The molecule has 78 valence electrons. The topological polar surface area (TPSA) is 40.2 Å². The van der Waals surface area contributed by atoms with Crippen molar-refractivity contribution < 1.29 is 4.74 Å². The van der Waals surface area contributed by atoms with E-state index in [2.05, 4.69) is 6.58 Å². The highest BCUT2D eigenvalue weighted by molar-refractivity contribution is 5.83. The highest BCUT2D eigenvalue weighted by atomic mass is 16.5. The average Bonchev–Trinajstić information content (AvgIpc) is 2.61. The Labute approximate surface area is 88.8 Å². The molecular weight excluding hydrogens is 188 g/mol. The number of fused-ring (bicyclic) bond motifs is 1. The van der Waals surface area contributed by atoms with Gasteiger partial charge in [-0.1, -0.05) is 6.08 Å². The van der Waals surface area contributed by atoms with Crippen LogP contribution in [0.1, 0.15) is 0 Å². The largest absolute Gasteiger partial charge is 0.399 e. The van der Waals surface area contributed by atoms with Crippen molar-refractivity contribution in [2.45, 2.75) is 6.73 Å². The van der Waals surface area contributed by atoms with Crippen molar-refractivity contribution in [1.29, 1.82) is 0 Å². The van der Waals surface area contributed by atoms with Crippen LogP contribution in [0, 0.1) is 0 Å². The van der Waals surface area contributed by atoms with Gasteiger partial charge in [0.05, 0.1) is 12.1 Å². The second kappa shape index (κ2) is 4.19. The Bertz CT molecular complexity index is 473. The number of anilines is 1. The summed E-state index contributed by atoms with van der Waals surface area (Å²) in [6, 6.07) is 7.89. The highest BCUT2D eigenvalue weighted by Gasteiger charge is 2.00. The zero-order valence-corrected chi connectivity index (χ0v) is 8.52. The van der Waals surface area contributed by atoms with Gasteiger partial charge >= 0.3 is 0 Å². The second-order valence-corrected chi connectivity index (χ2v) is 3.39. The SMILES string of the molecule is C=CCOCn1ccc2cc(N)ccc21. The van der Waals surface area contributed by atoms with Crippen LogP contribution in [0.15, 0.2) is 43.1 Å². The number of hydrogen-bond acceptors (Lipinski definition) is 2. The van der Waals surface area contributed by atoms with E-state index < -0.39 is 0 Å². The summed E-state index contributed by atoms with van der Waals surface area (Å²) in [6.45, 7) is 4.71. The molecular formula is C12H14N2O. The van der Waals surface area contributed by atoms with Gasteiger partial charge in [-0.3, -0.25) is 0 Å². The first kappa shape index (κ1) is 9.80. The third-order valence-electron chi connectivity index (χ3n) is 2.26. The van der Waals surface area contributed by atoms with Gasteiger partial charge in [0.2, 0.25) is 0 Å². The maximum Gasteiger partial charge on any atom is 0.123 e. The maximum absolute atomic E-state index is 5.70. The van der Waals surface area contributed by atoms with Crippen molar-refractivity contribution in [3.8, 4) is 0 Å². The molecule has 0 amide bonds. The van der Waals surface area contributed by atoms with E-state index in [0.717, 1.165) is 16.6 Å². The van der Waals surface area contributed by atoms with Crippen LogP contribution in [-0.2, 0) is 11.5 Å². The molecule has 3 heteroatoms. The van der Waals surface area contributed by atoms with E-state index in [1.165, 1.54) is 0 Å². The first-order valence-corrected chi connectivity index (χ1v) is 4.84. The molecule has 0 aliphatic carbocycles. The van der Waals surface area contributed by atoms with Crippen molar-refractivity contribution in [3.63, 3.8) is 0 Å². The smallest absolute Gasteiger partial charge is 0.123 e. The number of rotatable bonds is 4. The van der Waals surface area contributed by atoms with Crippen molar-refractivity contribution in [1.82, 2.24) is 4.57 Å². The van der Waals surface area contributed by atoms with Crippen molar-refractivity contribution in [2.24, 2.45) is 0 Å². The molecule has 0 aliphatic heterocycles. The third kappa shape index (κ3) is 2.02.